The lowest BCUT2D eigenvalue weighted by atomic mass is 9.95. The van der Waals surface area contributed by atoms with E-state index in [9.17, 15) is 20.0 Å². The molecule has 138 valence electrons. The Balaban J connectivity index is 2.87. The molecule has 0 saturated carbocycles. The Bertz CT molecular complexity index is 638. The normalized spacial score (nSPS) is 13.7. The van der Waals surface area contributed by atoms with Gasteiger partial charge in [0.05, 0.1) is 17.6 Å². The van der Waals surface area contributed by atoms with E-state index in [2.05, 4.69) is 23.9 Å². The molecular weight excluding hydrogens is 324 g/mol. The van der Waals surface area contributed by atoms with Crippen LogP contribution >= 0.6 is 0 Å². The Labute approximate surface area is 147 Å². The van der Waals surface area contributed by atoms with Gasteiger partial charge in [0.15, 0.2) is 0 Å². The number of benzene rings is 1. The highest BCUT2D eigenvalue weighted by Gasteiger charge is 2.22. The van der Waals surface area contributed by atoms with Crippen molar-refractivity contribution in [2.75, 3.05) is 19.0 Å². The van der Waals surface area contributed by atoms with Gasteiger partial charge in [-0.1, -0.05) is 19.9 Å². The number of nitrogens with zero attached hydrogens (tertiary/aromatic N) is 1. The summed E-state index contributed by atoms with van der Waals surface area (Å²) in [6.07, 6.45) is 4.11. The highest BCUT2D eigenvalue weighted by molar-refractivity contribution is 5.87. The molecule has 0 saturated heterocycles. The van der Waals surface area contributed by atoms with E-state index in [1.807, 2.05) is 0 Å². The van der Waals surface area contributed by atoms with Crippen LogP contribution in [-0.2, 0) is 9.53 Å². The van der Waals surface area contributed by atoms with Crippen molar-refractivity contribution in [1.29, 1.82) is 0 Å². The van der Waals surface area contributed by atoms with Crippen molar-refractivity contribution in [3.63, 3.8) is 0 Å². The Morgan fingerprint density at radius 1 is 1.48 bits per heavy atom. The SMILES string of the molecule is COC(=O)/C=C/c1ccc(NCC(C)(O)CCC(C)C)c([N+](=O)[O-])c1. The molecule has 1 atom stereocenters. The number of carbonyl (C=O) groups is 1. The summed E-state index contributed by atoms with van der Waals surface area (Å²) in [4.78, 5) is 21.9. The van der Waals surface area contributed by atoms with Gasteiger partial charge in [-0.2, -0.15) is 0 Å². The summed E-state index contributed by atoms with van der Waals surface area (Å²) >= 11 is 0. The Morgan fingerprint density at radius 3 is 2.72 bits per heavy atom. The van der Waals surface area contributed by atoms with Gasteiger partial charge in [-0.3, -0.25) is 10.1 Å². The van der Waals surface area contributed by atoms with Crippen LogP contribution in [0.3, 0.4) is 0 Å². The van der Waals surface area contributed by atoms with Crippen LogP contribution in [0, 0.1) is 16.0 Å². The number of nitro groups is 1. The van der Waals surface area contributed by atoms with Crippen molar-refractivity contribution in [3.05, 3.63) is 40.0 Å². The second-order valence-electron chi connectivity index (χ2n) is 6.67. The number of ether oxygens (including phenoxy) is 1. The Morgan fingerprint density at radius 2 is 2.16 bits per heavy atom. The van der Waals surface area contributed by atoms with Crippen molar-refractivity contribution in [2.24, 2.45) is 5.92 Å². The highest BCUT2D eigenvalue weighted by Crippen LogP contribution is 2.27. The molecule has 0 radical (unpaired) electrons. The van der Waals surface area contributed by atoms with Crippen LogP contribution < -0.4 is 5.32 Å². The molecule has 25 heavy (non-hydrogen) atoms. The minimum atomic E-state index is -0.957. The third-order valence-electron chi connectivity index (χ3n) is 3.75. The van der Waals surface area contributed by atoms with Gasteiger partial charge < -0.3 is 15.2 Å². The molecule has 7 heteroatoms. The lowest BCUT2D eigenvalue weighted by Gasteiger charge is -2.25. The number of aliphatic hydroxyl groups is 1. The zero-order chi connectivity index (χ0) is 19.0. The third kappa shape index (κ3) is 7.34. The van der Waals surface area contributed by atoms with Gasteiger partial charge in [-0.05, 0) is 43.4 Å². The van der Waals surface area contributed by atoms with E-state index in [4.69, 9.17) is 0 Å². The van der Waals surface area contributed by atoms with E-state index in [0.717, 1.165) is 6.42 Å². The van der Waals surface area contributed by atoms with Crippen LogP contribution in [0.4, 0.5) is 11.4 Å². The average Bonchev–Trinajstić information content (AvgIpc) is 2.56. The van der Waals surface area contributed by atoms with Crippen LogP contribution in [0.5, 0.6) is 0 Å². The van der Waals surface area contributed by atoms with Crippen LogP contribution in [0.1, 0.15) is 39.2 Å². The lowest BCUT2D eigenvalue weighted by molar-refractivity contribution is -0.384. The Hall–Kier alpha value is -2.41. The monoisotopic (exact) mass is 350 g/mol. The number of esters is 1. The zero-order valence-electron chi connectivity index (χ0n) is 15.1. The summed E-state index contributed by atoms with van der Waals surface area (Å²) in [5, 5.41) is 24.6. The molecule has 1 aromatic rings. The van der Waals surface area contributed by atoms with Gasteiger partial charge >= 0.3 is 5.97 Å². The van der Waals surface area contributed by atoms with Crippen LogP contribution in [0.2, 0.25) is 0 Å². The Kier molecular flexibility index (Phi) is 7.57. The molecule has 0 amide bonds. The van der Waals surface area contributed by atoms with Crippen molar-refractivity contribution < 1.29 is 19.6 Å². The molecule has 7 nitrogen and oxygen atoms in total. The molecular formula is C18H26N2O5. The molecule has 1 rings (SSSR count). The quantitative estimate of drug-likeness (QED) is 0.306. The van der Waals surface area contributed by atoms with Crippen molar-refractivity contribution >= 4 is 23.4 Å². The predicted molar refractivity (Wildman–Crippen MR) is 97.3 cm³/mol. The molecule has 0 bridgehead atoms. The minimum absolute atomic E-state index is 0.119. The maximum Gasteiger partial charge on any atom is 0.330 e. The predicted octanol–water partition coefficient (Wildman–Crippen LogP) is 3.38. The first-order valence-electron chi connectivity index (χ1n) is 8.15. The first-order valence-corrected chi connectivity index (χ1v) is 8.15. The van der Waals surface area contributed by atoms with Crippen LogP contribution in [0.15, 0.2) is 24.3 Å². The maximum absolute atomic E-state index is 11.3. The molecule has 1 aromatic carbocycles. The van der Waals surface area contributed by atoms with Gasteiger partial charge in [0.2, 0.25) is 0 Å². The van der Waals surface area contributed by atoms with E-state index >= 15 is 0 Å². The number of hydrogen-bond acceptors (Lipinski definition) is 6. The van der Waals surface area contributed by atoms with E-state index in [1.165, 1.54) is 25.3 Å². The second-order valence-corrected chi connectivity index (χ2v) is 6.67. The number of nitro benzene ring substituents is 1. The number of carbonyl (C=O) groups excluding carboxylic acids is 1. The van der Waals surface area contributed by atoms with E-state index in [-0.39, 0.29) is 12.2 Å². The van der Waals surface area contributed by atoms with Gasteiger partial charge in [0, 0.05) is 18.7 Å². The van der Waals surface area contributed by atoms with Gasteiger partial charge in [-0.25, -0.2) is 4.79 Å². The number of rotatable bonds is 9. The van der Waals surface area contributed by atoms with Gasteiger partial charge in [0.25, 0.3) is 5.69 Å². The van der Waals surface area contributed by atoms with E-state index in [1.54, 1.807) is 19.1 Å². The fourth-order valence-electron chi connectivity index (χ4n) is 2.16. The number of nitrogens with one attached hydrogen (secondary N) is 1. The summed E-state index contributed by atoms with van der Waals surface area (Å²) < 4.78 is 4.49. The van der Waals surface area contributed by atoms with E-state index in [0.29, 0.717) is 23.6 Å². The molecule has 0 spiro atoms. The zero-order valence-corrected chi connectivity index (χ0v) is 15.1. The summed E-state index contributed by atoms with van der Waals surface area (Å²) in [6.45, 7) is 6.07. The molecule has 0 aromatic heterocycles. The fourth-order valence-corrected chi connectivity index (χ4v) is 2.16. The number of methoxy groups -OCH3 is 1. The molecule has 0 aliphatic heterocycles. The topological polar surface area (TPSA) is 102 Å². The van der Waals surface area contributed by atoms with Crippen molar-refractivity contribution in [2.45, 2.75) is 39.2 Å². The number of hydrogen-bond donors (Lipinski definition) is 2. The van der Waals surface area contributed by atoms with Crippen molar-refractivity contribution in [3.8, 4) is 0 Å². The van der Waals surface area contributed by atoms with Gasteiger partial charge in [0.1, 0.15) is 5.69 Å². The molecule has 2 N–H and O–H groups in total. The summed E-state index contributed by atoms with van der Waals surface area (Å²) in [6, 6.07) is 4.58. The summed E-state index contributed by atoms with van der Waals surface area (Å²) in [5.41, 5.74) is -0.243. The first kappa shape index (κ1) is 20.6. The van der Waals surface area contributed by atoms with Crippen molar-refractivity contribution in [1.82, 2.24) is 0 Å². The maximum atomic E-state index is 11.3. The minimum Gasteiger partial charge on any atom is -0.466 e. The third-order valence-corrected chi connectivity index (χ3v) is 3.75. The second kappa shape index (κ2) is 9.17. The fraction of sp³-hybridized carbons (Fsp3) is 0.500. The lowest BCUT2D eigenvalue weighted by Crippen LogP contribution is -2.33. The first-order chi connectivity index (χ1) is 11.6. The number of anilines is 1. The average molecular weight is 350 g/mol. The molecule has 1 unspecified atom stereocenters. The molecule has 0 heterocycles. The highest BCUT2D eigenvalue weighted by atomic mass is 16.6. The van der Waals surface area contributed by atoms with Crippen LogP contribution in [-0.4, -0.2) is 35.3 Å². The molecule has 0 aliphatic carbocycles. The standard InChI is InChI=1S/C18H26N2O5/c1-13(2)9-10-18(3,22)12-19-15-7-5-14(6-8-17(21)25-4)11-16(15)20(23)24/h5-8,11,13,19,22H,9-10,12H2,1-4H3/b8-6+. The molecule has 0 aliphatic rings. The smallest absolute Gasteiger partial charge is 0.330 e. The summed E-state index contributed by atoms with van der Waals surface area (Å²) in [7, 11) is 1.26. The van der Waals surface area contributed by atoms with Crippen LogP contribution in [0.25, 0.3) is 6.08 Å². The van der Waals surface area contributed by atoms with E-state index < -0.39 is 16.5 Å². The summed E-state index contributed by atoms with van der Waals surface area (Å²) in [5.74, 6) is -0.0623. The van der Waals surface area contributed by atoms with Gasteiger partial charge in [-0.15, -0.1) is 0 Å². The largest absolute Gasteiger partial charge is 0.466 e. The molecule has 0 fully saturated rings.